The van der Waals surface area contributed by atoms with Gasteiger partial charge in [-0.1, -0.05) is 11.8 Å². The first-order chi connectivity index (χ1) is 9.62. The second kappa shape index (κ2) is 7.92. The highest BCUT2D eigenvalue weighted by Crippen LogP contribution is 2.04. The first-order valence-electron chi connectivity index (χ1n) is 6.13. The summed E-state index contributed by atoms with van der Waals surface area (Å²) in [5.41, 5.74) is 6.21. The monoisotopic (exact) mass is 275 g/mol. The molecule has 2 N–H and O–H groups in total. The number of esters is 1. The highest BCUT2D eigenvalue weighted by Gasteiger charge is 2.18. The molecule has 20 heavy (non-hydrogen) atoms. The topological polar surface area (TPSA) is 85.5 Å². The van der Waals surface area contributed by atoms with Crippen LogP contribution >= 0.6 is 0 Å². The number of methoxy groups -OCH3 is 1. The van der Waals surface area contributed by atoms with Gasteiger partial charge in [0.1, 0.15) is 12.2 Å². The Bertz CT molecular complexity index is 529. The van der Waals surface area contributed by atoms with Crippen molar-refractivity contribution in [3.05, 3.63) is 29.6 Å². The molecule has 0 radical (unpaired) electrons. The third kappa shape index (κ3) is 4.37. The summed E-state index contributed by atoms with van der Waals surface area (Å²) in [5, 5.41) is 0. The molecule has 0 aliphatic carbocycles. The van der Waals surface area contributed by atoms with Gasteiger partial charge in [0.05, 0.1) is 13.7 Å². The van der Waals surface area contributed by atoms with Crippen LogP contribution in [-0.2, 0) is 9.53 Å². The van der Waals surface area contributed by atoms with Crippen LogP contribution in [0.1, 0.15) is 23.0 Å². The second-order valence-electron chi connectivity index (χ2n) is 3.83. The van der Waals surface area contributed by atoms with E-state index in [2.05, 4.69) is 21.6 Å². The summed E-state index contributed by atoms with van der Waals surface area (Å²) in [6, 6.07) is 3.26. The number of pyridine rings is 1. The molecule has 0 fully saturated rings. The third-order valence-electron chi connectivity index (χ3n) is 2.53. The number of nitrogens with zero attached hydrogens (tertiary/aromatic N) is 2. The Labute approximate surface area is 117 Å². The van der Waals surface area contributed by atoms with Crippen molar-refractivity contribution in [3.8, 4) is 11.8 Å². The van der Waals surface area contributed by atoms with Crippen molar-refractivity contribution in [1.29, 1.82) is 0 Å². The van der Waals surface area contributed by atoms with E-state index in [1.54, 1.807) is 19.1 Å². The van der Waals surface area contributed by atoms with Crippen molar-refractivity contribution >= 4 is 11.9 Å². The lowest BCUT2D eigenvalue weighted by Crippen LogP contribution is -2.36. The summed E-state index contributed by atoms with van der Waals surface area (Å²) < 4.78 is 4.55. The van der Waals surface area contributed by atoms with E-state index in [0.717, 1.165) is 0 Å². The molecule has 1 aromatic heterocycles. The number of rotatable bonds is 4. The Morgan fingerprint density at radius 3 is 2.70 bits per heavy atom. The van der Waals surface area contributed by atoms with Gasteiger partial charge in [0, 0.05) is 18.3 Å². The SMILES string of the molecule is CCN(CC(=O)OC)C(=O)c1ccc(C#CCN)cn1. The maximum Gasteiger partial charge on any atom is 0.325 e. The normalized spacial score (nSPS) is 9.35. The number of hydrogen-bond acceptors (Lipinski definition) is 5. The van der Waals surface area contributed by atoms with Gasteiger partial charge in [-0.3, -0.25) is 9.59 Å². The molecule has 1 aromatic rings. The molecule has 0 spiro atoms. The molecule has 6 nitrogen and oxygen atoms in total. The summed E-state index contributed by atoms with van der Waals surface area (Å²) in [7, 11) is 1.28. The Kier molecular flexibility index (Phi) is 6.20. The number of amides is 1. The molecule has 6 heteroatoms. The fourth-order valence-electron chi connectivity index (χ4n) is 1.46. The molecule has 0 unspecified atom stereocenters. The molecule has 1 rings (SSSR count). The smallest absolute Gasteiger partial charge is 0.325 e. The first kappa shape index (κ1) is 15.7. The van der Waals surface area contributed by atoms with Gasteiger partial charge in [-0.05, 0) is 19.1 Å². The zero-order valence-electron chi connectivity index (χ0n) is 11.5. The molecule has 0 saturated carbocycles. The molecule has 0 aliphatic rings. The maximum absolute atomic E-state index is 12.2. The van der Waals surface area contributed by atoms with Crippen molar-refractivity contribution in [1.82, 2.24) is 9.88 Å². The Balaban J connectivity index is 2.82. The molecule has 106 valence electrons. The van der Waals surface area contributed by atoms with Gasteiger partial charge in [-0.25, -0.2) is 4.98 Å². The fourth-order valence-corrected chi connectivity index (χ4v) is 1.46. The van der Waals surface area contributed by atoms with Crippen LogP contribution in [0.15, 0.2) is 18.3 Å². The lowest BCUT2D eigenvalue weighted by molar-refractivity contribution is -0.141. The zero-order valence-corrected chi connectivity index (χ0v) is 11.5. The summed E-state index contributed by atoms with van der Waals surface area (Å²) in [5.74, 6) is 4.73. The predicted octanol–water partition coefficient (Wildman–Crippen LogP) is 0.0269. The Morgan fingerprint density at radius 1 is 1.45 bits per heavy atom. The molecule has 0 aliphatic heterocycles. The Hall–Kier alpha value is -2.39. The van der Waals surface area contributed by atoms with E-state index in [9.17, 15) is 9.59 Å². The number of carbonyl (C=O) groups is 2. The van der Waals surface area contributed by atoms with Gasteiger partial charge in [0.15, 0.2) is 0 Å². The number of nitrogens with two attached hydrogens (primary N) is 1. The van der Waals surface area contributed by atoms with Gasteiger partial charge < -0.3 is 15.4 Å². The van der Waals surface area contributed by atoms with Crippen LogP contribution in [0.4, 0.5) is 0 Å². The van der Waals surface area contributed by atoms with Crippen molar-refractivity contribution in [2.75, 3.05) is 26.7 Å². The summed E-state index contributed by atoms with van der Waals surface area (Å²) in [6.45, 7) is 2.35. The second-order valence-corrected chi connectivity index (χ2v) is 3.83. The average Bonchev–Trinajstić information content (AvgIpc) is 2.50. The standard InChI is InChI=1S/C14H17N3O3/c1-3-17(10-13(18)20-2)14(19)12-7-6-11(9-16-12)5-4-8-15/h6-7,9H,3,8,10,15H2,1-2H3. The minimum atomic E-state index is -0.467. The summed E-state index contributed by atoms with van der Waals surface area (Å²) >= 11 is 0. The Morgan fingerprint density at radius 2 is 2.20 bits per heavy atom. The molecular formula is C14H17N3O3. The molecule has 1 amide bonds. The fraction of sp³-hybridized carbons (Fsp3) is 0.357. The van der Waals surface area contributed by atoms with Crippen LogP contribution in [0.25, 0.3) is 0 Å². The van der Waals surface area contributed by atoms with Gasteiger partial charge in [-0.15, -0.1) is 0 Å². The van der Waals surface area contributed by atoms with Crippen LogP contribution in [0.3, 0.4) is 0 Å². The van der Waals surface area contributed by atoms with Crippen molar-refractivity contribution in [3.63, 3.8) is 0 Å². The molecule has 0 saturated heterocycles. The molecule has 1 heterocycles. The largest absolute Gasteiger partial charge is 0.468 e. The van der Waals surface area contributed by atoms with Crippen molar-refractivity contribution in [2.45, 2.75) is 6.92 Å². The average molecular weight is 275 g/mol. The van der Waals surface area contributed by atoms with Gasteiger partial charge in [0.2, 0.25) is 0 Å². The molecule has 0 bridgehead atoms. The number of carbonyl (C=O) groups excluding carboxylic acids is 2. The lowest BCUT2D eigenvalue weighted by Gasteiger charge is -2.18. The van der Waals surface area contributed by atoms with Crippen molar-refractivity contribution < 1.29 is 14.3 Å². The van der Waals surface area contributed by atoms with E-state index >= 15 is 0 Å². The third-order valence-corrected chi connectivity index (χ3v) is 2.53. The summed E-state index contributed by atoms with van der Waals surface area (Å²) in [4.78, 5) is 28.8. The van der Waals surface area contributed by atoms with Gasteiger partial charge in [-0.2, -0.15) is 0 Å². The van der Waals surface area contributed by atoms with Crippen LogP contribution in [0.5, 0.6) is 0 Å². The first-order valence-corrected chi connectivity index (χ1v) is 6.13. The molecule has 0 atom stereocenters. The molecular weight excluding hydrogens is 258 g/mol. The van der Waals surface area contributed by atoms with Crippen LogP contribution in [-0.4, -0.2) is 48.5 Å². The number of ether oxygens (including phenoxy) is 1. The van der Waals surface area contributed by atoms with E-state index in [0.29, 0.717) is 12.1 Å². The minimum Gasteiger partial charge on any atom is -0.468 e. The highest BCUT2D eigenvalue weighted by molar-refractivity contribution is 5.94. The van der Waals surface area contributed by atoms with Crippen molar-refractivity contribution in [2.24, 2.45) is 5.73 Å². The van der Waals surface area contributed by atoms with Crippen LogP contribution in [0, 0.1) is 11.8 Å². The van der Waals surface area contributed by atoms with E-state index in [4.69, 9.17) is 5.73 Å². The van der Waals surface area contributed by atoms with Gasteiger partial charge in [0.25, 0.3) is 5.91 Å². The quantitative estimate of drug-likeness (QED) is 0.619. The number of aromatic nitrogens is 1. The van der Waals surface area contributed by atoms with Gasteiger partial charge >= 0.3 is 5.97 Å². The predicted molar refractivity (Wildman–Crippen MR) is 73.8 cm³/mol. The van der Waals surface area contributed by atoms with E-state index in [1.807, 2.05) is 0 Å². The van der Waals surface area contributed by atoms with E-state index in [-0.39, 0.29) is 24.7 Å². The summed E-state index contributed by atoms with van der Waals surface area (Å²) in [6.07, 6.45) is 1.50. The highest BCUT2D eigenvalue weighted by atomic mass is 16.5. The van der Waals surface area contributed by atoms with E-state index in [1.165, 1.54) is 18.2 Å². The van der Waals surface area contributed by atoms with E-state index < -0.39 is 5.97 Å². The van der Waals surface area contributed by atoms with Crippen LogP contribution < -0.4 is 5.73 Å². The lowest BCUT2D eigenvalue weighted by atomic mass is 10.2. The van der Waals surface area contributed by atoms with Crippen LogP contribution in [0.2, 0.25) is 0 Å². The minimum absolute atomic E-state index is 0.0950. The number of hydrogen-bond donors (Lipinski definition) is 1. The zero-order chi connectivity index (χ0) is 15.0. The number of likely N-dealkylation sites (N-methyl/N-ethyl adjacent to an activating group) is 1. The maximum atomic E-state index is 12.2. The molecule has 0 aromatic carbocycles.